The van der Waals surface area contributed by atoms with Gasteiger partial charge in [-0.1, -0.05) is 58.0 Å². The van der Waals surface area contributed by atoms with Crippen LogP contribution in [0.15, 0.2) is 48.5 Å². The lowest BCUT2D eigenvalue weighted by molar-refractivity contribution is 0.469. The number of nitrogens with one attached hydrogen (secondary N) is 1. The summed E-state index contributed by atoms with van der Waals surface area (Å²) >= 11 is 0. The molecule has 2 nitrogen and oxygen atoms in total. The molecule has 0 spiro atoms. The molecule has 2 heteroatoms. The molecule has 0 unspecified atom stereocenters. The van der Waals surface area contributed by atoms with Crippen molar-refractivity contribution in [2.45, 2.75) is 39.7 Å². The van der Waals surface area contributed by atoms with Crippen LogP contribution in [0.2, 0.25) is 0 Å². The zero-order valence-electron chi connectivity index (χ0n) is 13.4. The SMILES string of the molecule is CCNCc1ccccc1Oc1cccc(C(C)(C)C)c1. The van der Waals surface area contributed by atoms with E-state index >= 15 is 0 Å². The number of rotatable bonds is 5. The molecule has 0 saturated carbocycles. The van der Waals surface area contributed by atoms with Crippen molar-refractivity contribution < 1.29 is 4.74 Å². The van der Waals surface area contributed by atoms with Crippen molar-refractivity contribution in [3.8, 4) is 11.5 Å². The lowest BCUT2D eigenvalue weighted by Crippen LogP contribution is -2.12. The number of para-hydroxylation sites is 1. The number of ether oxygens (including phenoxy) is 1. The summed E-state index contributed by atoms with van der Waals surface area (Å²) in [4.78, 5) is 0. The highest BCUT2D eigenvalue weighted by Gasteiger charge is 2.14. The minimum Gasteiger partial charge on any atom is -0.457 e. The van der Waals surface area contributed by atoms with Crippen molar-refractivity contribution in [2.75, 3.05) is 6.54 Å². The lowest BCUT2D eigenvalue weighted by atomic mass is 9.87. The van der Waals surface area contributed by atoms with E-state index in [0.717, 1.165) is 24.6 Å². The third-order valence-electron chi connectivity index (χ3n) is 3.47. The standard InChI is InChI=1S/C19H25NO/c1-5-20-14-15-9-6-7-12-18(15)21-17-11-8-10-16(13-17)19(2,3)4/h6-13,20H,5,14H2,1-4H3. The normalized spacial score (nSPS) is 11.4. The van der Waals surface area contributed by atoms with Crippen LogP contribution < -0.4 is 10.1 Å². The van der Waals surface area contributed by atoms with Gasteiger partial charge in [-0.3, -0.25) is 0 Å². The van der Waals surface area contributed by atoms with Crippen molar-refractivity contribution in [3.05, 3.63) is 59.7 Å². The molecule has 0 fully saturated rings. The summed E-state index contributed by atoms with van der Waals surface area (Å²) in [7, 11) is 0. The molecule has 0 bridgehead atoms. The van der Waals surface area contributed by atoms with Crippen LogP contribution in [0.5, 0.6) is 11.5 Å². The average molecular weight is 283 g/mol. The number of hydrogen-bond acceptors (Lipinski definition) is 2. The Morgan fingerprint density at radius 3 is 2.48 bits per heavy atom. The molecule has 2 rings (SSSR count). The Hall–Kier alpha value is -1.80. The highest BCUT2D eigenvalue weighted by Crippen LogP contribution is 2.29. The highest BCUT2D eigenvalue weighted by atomic mass is 16.5. The van der Waals surface area contributed by atoms with Gasteiger partial charge in [0.15, 0.2) is 0 Å². The zero-order valence-corrected chi connectivity index (χ0v) is 13.4. The van der Waals surface area contributed by atoms with Crippen LogP contribution in [-0.4, -0.2) is 6.54 Å². The Bertz CT molecular complexity index is 584. The van der Waals surface area contributed by atoms with Gasteiger partial charge in [-0.25, -0.2) is 0 Å². The van der Waals surface area contributed by atoms with Crippen LogP contribution in [0, 0.1) is 0 Å². The van der Waals surface area contributed by atoms with Gasteiger partial charge in [0.2, 0.25) is 0 Å². The van der Waals surface area contributed by atoms with Crippen molar-refractivity contribution in [1.29, 1.82) is 0 Å². The second-order valence-corrected chi connectivity index (χ2v) is 6.27. The van der Waals surface area contributed by atoms with Crippen molar-refractivity contribution in [3.63, 3.8) is 0 Å². The molecular formula is C19H25NO. The first-order valence-electron chi connectivity index (χ1n) is 7.57. The zero-order chi connectivity index (χ0) is 15.3. The van der Waals surface area contributed by atoms with Gasteiger partial charge >= 0.3 is 0 Å². The predicted octanol–water partition coefficient (Wildman–Crippen LogP) is 4.89. The van der Waals surface area contributed by atoms with Crippen LogP contribution in [-0.2, 0) is 12.0 Å². The second kappa shape index (κ2) is 6.77. The minimum atomic E-state index is 0.128. The summed E-state index contributed by atoms with van der Waals surface area (Å²) in [6, 6.07) is 16.5. The first kappa shape index (κ1) is 15.6. The van der Waals surface area contributed by atoms with Gasteiger partial charge in [0.05, 0.1) is 0 Å². The van der Waals surface area contributed by atoms with Crippen LogP contribution in [0.25, 0.3) is 0 Å². The van der Waals surface area contributed by atoms with Crippen LogP contribution in [0.3, 0.4) is 0 Å². The van der Waals surface area contributed by atoms with E-state index < -0.39 is 0 Å². The fourth-order valence-electron chi connectivity index (χ4n) is 2.16. The average Bonchev–Trinajstić information content (AvgIpc) is 2.46. The van der Waals surface area contributed by atoms with Gasteiger partial charge in [-0.05, 0) is 35.7 Å². The quantitative estimate of drug-likeness (QED) is 0.844. The molecule has 0 atom stereocenters. The van der Waals surface area contributed by atoms with Gasteiger partial charge in [0, 0.05) is 12.1 Å². The molecule has 2 aromatic rings. The molecule has 112 valence electrons. The second-order valence-electron chi connectivity index (χ2n) is 6.27. The summed E-state index contributed by atoms with van der Waals surface area (Å²) in [6.45, 7) is 10.5. The van der Waals surface area contributed by atoms with E-state index in [1.807, 2.05) is 24.3 Å². The van der Waals surface area contributed by atoms with Crippen molar-refractivity contribution in [1.82, 2.24) is 5.32 Å². The molecule has 0 aromatic heterocycles. The fraction of sp³-hybridized carbons (Fsp3) is 0.368. The fourth-order valence-corrected chi connectivity index (χ4v) is 2.16. The van der Waals surface area contributed by atoms with Gasteiger partial charge in [0.1, 0.15) is 11.5 Å². The first-order chi connectivity index (χ1) is 10.0. The van der Waals surface area contributed by atoms with Gasteiger partial charge in [-0.2, -0.15) is 0 Å². The van der Waals surface area contributed by atoms with E-state index in [0.29, 0.717) is 0 Å². The molecule has 0 radical (unpaired) electrons. The predicted molar refractivity (Wildman–Crippen MR) is 89.0 cm³/mol. The van der Waals surface area contributed by atoms with Gasteiger partial charge in [0.25, 0.3) is 0 Å². The molecule has 21 heavy (non-hydrogen) atoms. The van der Waals surface area contributed by atoms with E-state index in [4.69, 9.17) is 4.74 Å². The molecule has 0 amide bonds. The number of hydrogen-bond donors (Lipinski definition) is 1. The Labute approximate surface area is 128 Å². The summed E-state index contributed by atoms with van der Waals surface area (Å²) < 4.78 is 6.10. The molecule has 0 saturated heterocycles. The molecular weight excluding hydrogens is 258 g/mol. The third-order valence-corrected chi connectivity index (χ3v) is 3.47. The van der Waals surface area contributed by atoms with Crippen LogP contribution in [0.1, 0.15) is 38.8 Å². The Morgan fingerprint density at radius 1 is 1.00 bits per heavy atom. The maximum Gasteiger partial charge on any atom is 0.131 e. The van der Waals surface area contributed by atoms with Crippen LogP contribution in [0.4, 0.5) is 0 Å². The molecule has 0 aliphatic heterocycles. The minimum absolute atomic E-state index is 0.128. The Kier molecular flexibility index (Phi) is 5.03. The molecule has 2 aromatic carbocycles. The maximum absolute atomic E-state index is 6.10. The van der Waals surface area contributed by atoms with Crippen LogP contribution >= 0.6 is 0 Å². The van der Waals surface area contributed by atoms with E-state index in [1.54, 1.807) is 0 Å². The Morgan fingerprint density at radius 2 is 1.76 bits per heavy atom. The lowest BCUT2D eigenvalue weighted by Gasteiger charge is -2.20. The maximum atomic E-state index is 6.10. The van der Waals surface area contributed by atoms with E-state index in [-0.39, 0.29) is 5.41 Å². The Balaban J connectivity index is 2.22. The third kappa shape index (κ3) is 4.33. The summed E-state index contributed by atoms with van der Waals surface area (Å²) in [5.74, 6) is 1.82. The summed E-state index contributed by atoms with van der Waals surface area (Å²) in [5.41, 5.74) is 2.59. The summed E-state index contributed by atoms with van der Waals surface area (Å²) in [6.07, 6.45) is 0. The molecule has 1 N–H and O–H groups in total. The van der Waals surface area contributed by atoms with Crippen molar-refractivity contribution >= 4 is 0 Å². The molecule has 0 aliphatic rings. The highest BCUT2D eigenvalue weighted by molar-refractivity contribution is 5.40. The smallest absolute Gasteiger partial charge is 0.131 e. The van der Waals surface area contributed by atoms with E-state index in [2.05, 4.69) is 57.3 Å². The number of benzene rings is 2. The summed E-state index contributed by atoms with van der Waals surface area (Å²) in [5, 5.41) is 3.35. The first-order valence-corrected chi connectivity index (χ1v) is 7.57. The van der Waals surface area contributed by atoms with E-state index in [1.165, 1.54) is 11.1 Å². The molecule has 0 aliphatic carbocycles. The molecule has 0 heterocycles. The van der Waals surface area contributed by atoms with Gasteiger partial charge in [-0.15, -0.1) is 0 Å². The van der Waals surface area contributed by atoms with E-state index in [9.17, 15) is 0 Å². The topological polar surface area (TPSA) is 21.3 Å². The van der Waals surface area contributed by atoms with Crippen molar-refractivity contribution in [2.24, 2.45) is 0 Å². The largest absolute Gasteiger partial charge is 0.457 e. The van der Waals surface area contributed by atoms with Gasteiger partial charge < -0.3 is 10.1 Å². The monoisotopic (exact) mass is 283 g/mol.